The van der Waals surface area contributed by atoms with Crippen LogP contribution in [-0.2, 0) is 11.2 Å². The maximum absolute atomic E-state index is 5.64. The van der Waals surface area contributed by atoms with Gasteiger partial charge in [0.05, 0.1) is 5.69 Å². The molecule has 0 saturated carbocycles. The van der Waals surface area contributed by atoms with Crippen LogP contribution in [0.15, 0.2) is 18.2 Å². The van der Waals surface area contributed by atoms with Gasteiger partial charge in [0.1, 0.15) is 12.4 Å². The number of ether oxygens (including phenoxy) is 2. The normalized spacial score (nSPS) is 14.7. The molecule has 1 aromatic carbocycles. The van der Waals surface area contributed by atoms with E-state index in [1.165, 1.54) is 18.4 Å². The van der Waals surface area contributed by atoms with Gasteiger partial charge in [-0.1, -0.05) is 26.3 Å². The van der Waals surface area contributed by atoms with Gasteiger partial charge in [0.2, 0.25) is 0 Å². The molecule has 1 atom stereocenters. The van der Waals surface area contributed by atoms with Gasteiger partial charge in [-0.3, -0.25) is 0 Å². The third-order valence-electron chi connectivity index (χ3n) is 4.23. The van der Waals surface area contributed by atoms with Crippen molar-refractivity contribution in [1.29, 1.82) is 0 Å². The lowest BCUT2D eigenvalue weighted by Crippen LogP contribution is -2.32. The van der Waals surface area contributed by atoms with Crippen LogP contribution in [0, 0.1) is 0 Å². The lowest BCUT2D eigenvalue weighted by atomic mass is 10.0. The number of nitrogens with one attached hydrogen (secondary N) is 2. The lowest BCUT2D eigenvalue weighted by molar-refractivity contribution is 0.128. The first-order chi connectivity index (χ1) is 11.3. The number of hydrogen-bond donors (Lipinski definition) is 2. The second-order valence-electron chi connectivity index (χ2n) is 6.19. The zero-order valence-electron chi connectivity index (χ0n) is 14.7. The van der Waals surface area contributed by atoms with Gasteiger partial charge in [0.25, 0.3) is 0 Å². The van der Waals surface area contributed by atoms with E-state index in [0.29, 0.717) is 6.04 Å². The molecule has 1 aliphatic rings. The summed E-state index contributed by atoms with van der Waals surface area (Å²) in [6, 6.07) is 7.02. The SMILES string of the molecule is CCCCOCCCNC(CC)Cc1ccc2c(c1)NCCO2. The highest BCUT2D eigenvalue weighted by Crippen LogP contribution is 2.28. The van der Waals surface area contributed by atoms with Crippen molar-refractivity contribution >= 4 is 5.69 Å². The van der Waals surface area contributed by atoms with E-state index in [0.717, 1.165) is 63.6 Å². The van der Waals surface area contributed by atoms with Crippen LogP contribution >= 0.6 is 0 Å². The van der Waals surface area contributed by atoms with E-state index in [9.17, 15) is 0 Å². The molecule has 1 aliphatic heterocycles. The van der Waals surface area contributed by atoms with Crippen molar-refractivity contribution in [3.63, 3.8) is 0 Å². The van der Waals surface area contributed by atoms with E-state index >= 15 is 0 Å². The Morgan fingerprint density at radius 1 is 1.26 bits per heavy atom. The van der Waals surface area contributed by atoms with Crippen molar-refractivity contribution in [3.8, 4) is 5.75 Å². The quantitative estimate of drug-likeness (QED) is 0.611. The molecule has 2 N–H and O–H groups in total. The molecule has 0 aliphatic carbocycles. The third kappa shape index (κ3) is 6.40. The number of unbranched alkanes of at least 4 members (excludes halogenated alkanes) is 1. The third-order valence-corrected chi connectivity index (χ3v) is 4.23. The molecule has 0 saturated heterocycles. The first-order valence-corrected chi connectivity index (χ1v) is 9.14. The highest BCUT2D eigenvalue weighted by atomic mass is 16.5. The van der Waals surface area contributed by atoms with Gasteiger partial charge in [-0.05, 0) is 49.9 Å². The first kappa shape index (κ1) is 18.1. The van der Waals surface area contributed by atoms with Crippen molar-refractivity contribution in [2.24, 2.45) is 0 Å². The molecular weight excluding hydrogens is 288 g/mol. The molecule has 2 rings (SSSR count). The summed E-state index contributed by atoms with van der Waals surface area (Å²) in [6.07, 6.45) is 5.65. The first-order valence-electron chi connectivity index (χ1n) is 9.14. The fourth-order valence-corrected chi connectivity index (χ4v) is 2.79. The Labute approximate surface area is 140 Å². The van der Waals surface area contributed by atoms with Crippen LogP contribution in [0.3, 0.4) is 0 Å². The minimum absolute atomic E-state index is 0.521. The average molecular weight is 320 g/mol. The summed E-state index contributed by atoms with van der Waals surface area (Å²) < 4.78 is 11.2. The lowest BCUT2D eigenvalue weighted by Gasteiger charge is -2.21. The van der Waals surface area contributed by atoms with Gasteiger partial charge >= 0.3 is 0 Å². The Morgan fingerprint density at radius 2 is 2.13 bits per heavy atom. The number of anilines is 1. The fourth-order valence-electron chi connectivity index (χ4n) is 2.79. The van der Waals surface area contributed by atoms with Gasteiger partial charge < -0.3 is 20.1 Å². The minimum Gasteiger partial charge on any atom is -0.490 e. The number of benzene rings is 1. The van der Waals surface area contributed by atoms with Crippen LogP contribution in [0.4, 0.5) is 5.69 Å². The molecule has 0 spiro atoms. The van der Waals surface area contributed by atoms with Crippen molar-refractivity contribution in [1.82, 2.24) is 5.32 Å². The summed E-state index contributed by atoms with van der Waals surface area (Å²) in [5, 5.41) is 7.07. The Morgan fingerprint density at radius 3 is 2.96 bits per heavy atom. The molecule has 0 radical (unpaired) electrons. The largest absolute Gasteiger partial charge is 0.490 e. The summed E-state index contributed by atoms with van der Waals surface area (Å²) in [7, 11) is 0. The summed E-state index contributed by atoms with van der Waals surface area (Å²) in [6.45, 7) is 8.88. The zero-order valence-corrected chi connectivity index (χ0v) is 14.7. The van der Waals surface area contributed by atoms with Gasteiger partial charge in [0.15, 0.2) is 0 Å². The van der Waals surface area contributed by atoms with E-state index in [1.54, 1.807) is 0 Å². The van der Waals surface area contributed by atoms with Crippen molar-refractivity contribution in [2.45, 2.75) is 52.0 Å². The summed E-state index contributed by atoms with van der Waals surface area (Å²) in [5.74, 6) is 0.977. The van der Waals surface area contributed by atoms with E-state index in [1.807, 2.05) is 0 Å². The van der Waals surface area contributed by atoms with E-state index in [-0.39, 0.29) is 0 Å². The van der Waals surface area contributed by atoms with Crippen LogP contribution in [0.2, 0.25) is 0 Å². The average Bonchev–Trinajstić information content (AvgIpc) is 2.59. The molecule has 1 aromatic rings. The van der Waals surface area contributed by atoms with Gasteiger partial charge in [-0.2, -0.15) is 0 Å². The fraction of sp³-hybridized carbons (Fsp3) is 0.684. The van der Waals surface area contributed by atoms with E-state index in [4.69, 9.17) is 9.47 Å². The highest BCUT2D eigenvalue weighted by Gasteiger charge is 2.12. The molecule has 0 bridgehead atoms. The monoisotopic (exact) mass is 320 g/mol. The standard InChI is InChI=1S/C19H32N2O2/c1-3-5-11-22-12-6-9-20-17(4-2)14-16-7-8-19-18(15-16)21-10-13-23-19/h7-8,15,17,20-21H,3-6,9-14H2,1-2H3. The Balaban J connectivity index is 1.69. The second kappa shape index (κ2) is 10.5. The van der Waals surface area contributed by atoms with E-state index < -0.39 is 0 Å². The van der Waals surface area contributed by atoms with Crippen molar-refractivity contribution in [3.05, 3.63) is 23.8 Å². The maximum atomic E-state index is 5.64. The second-order valence-corrected chi connectivity index (χ2v) is 6.19. The number of rotatable bonds is 11. The van der Waals surface area contributed by atoms with Crippen molar-refractivity contribution in [2.75, 3.05) is 38.2 Å². The summed E-state index contributed by atoms with van der Waals surface area (Å²) in [4.78, 5) is 0. The molecule has 0 fully saturated rings. The molecule has 23 heavy (non-hydrogen) atoms. The van der Waals surface area contributed by atoms with Crippen LogP contribution < -0.4 is 15.4 Å². The topological polar surface area (TPSA) is 42.5 Å². The minimum atomic E-state index is 0.521. The molecule has 0 aromatic heterocycles. The predicted molar refractivity (Wildman–Crippen MR) is 96.6 cm³/mol. The molecular formula is C19H32N2O2. The van der Waals surface area contributed by atoms with Gasteiger partial charge in [0, 0.05) is 25.8 Å². The number of hydrogen-bond acceptors (Lipinski definition) is 4. The molecule has 1 heterocycles. The van der Waals surface area contributed by atoms with Crippen molar-refractivity contribution < 1.29 is 9.47 Å². The molecule has 4 heteroatoms. The Kier molecular flexibility index (Phi) is 8.26. The van der Waals surface area contributed by atoms with Crippen LogP contribution in [0.5, 0.6) is 5.75 Å². The highest BCUT2D eigenvalue weighted by molar-refractivity contribution is 5.59. The predicted octanol–water partition coefficient (Wildman–Crippen LogP) is 3.61. The number of fused-ring (bicyclic) bond motifs is 1. The van der Waals surface area contributed by atoms with Crippen LogP contribution in [0.1, 0.15) is 45.1 Å². The Bertz CT molecular complexity index is 451. The van der Waals surface area contributed by atoms with Gasteiger partial charge in [-0.15, -0.1) is 0 Å². The van der Waals surface area contributed by atoms with Crippen LogP contribution in [0.25, 0.3) is 0 Å². The summed E-state index contributed by atoms with van der Waals surface area (Å²) >= 11 is 0. The maximum Gasteiger partial charge on any atom is 0.142 e. The molecule has 0 amide bonds. The zero-order chi connectivity index (χ0) is 16.3. The van der Waals surface area contributed by atoms with Crippen LogP contribution in [-0.4, -0.2) is 39.0 Å². The molecule has 4 nitrogen and oxygen atoms in total. The molecule has 130 valence electrons. The van der Waals surface area contributed by atoms with E-state index in [2.05, 4.69) is 42.7 Å². The van der Waals surface area contributed by atoms with Gasteiger partial charge in [-0.25, -0.2) is 0 Å². The Hall–Kier alpha value is -1.26. The molecule has 1 unspecified atom stereocenters. The smallest absolute Gasteiger partial charge is 0.142 e. The summed E-state index contributed by atoms with van der Waals surface area (Å²) in [5.41, 5.74) is 2.49.